The highest BCUT2D eigenvalue weighted by atomic mass is 19.4. The molecule has 41 heavy (non-hydrogen) atoms. The predicted octanol–water partition coefficient (Wildman–Crippen LogP) is 5.49. The Hall–Kier alpha value is -3.27. The summed E-state index contributed by atoms with van der Waals surface area (Å²) in [5.41, 5.74) is 4.92. The number of carbonyl (C=O) groups is 1. The van der Waals surface area contributed by atoms with E-state index in [1.165, 1.54) is 17.7 Å². The monoisotopic (exact) mass is 565 g/mol. The molecule has 0 unspecified atom stereocenters. The van der Waals surface area contributed by atoms with Crippen LogP contribution in [0.1, 0.15) is 63.8 Å². The standard InChI is InChI=1S/C32H38F3N5O/c1-22(2)30-29-27(21-40(30)19-23-8-10-28(11-9-23)32(33,34)35)16-26(18-36-29)31(41)37-17-24-6-4-5-7-25(24)20-39-14-12-38(3)13-15-39/h4-11,16,18,22,30H,12-15,17,19-21H2,1-3H3,(H,37,41)/t30-/m0/s1. The van der Waals surface area contributed by atoms with Crippen LogP contribution in [0.3, 0.4) is 0 Å². The lowest BCUT2D eigenvalue weighted by atomic mass is 9.99. The molecule has 218 valence electrons. The molecular formula is C32H38F3N5O. The van der Waals surface area contributed by atoms with Gasteiger partial charge in [-0.05, 0) is 53.4 Å². The van der Waals surface area contributed by atoms with Gasteiger partial charge in [0, 0.05) is 58.6 Å². The number of likely N-dealkylation sites (N-methyl/N-ethyl adjacent to an activating group) is 1. The van der Waals surface area contributed by atoms with E-state index in [4.69, 9.17) is 4.98 Å². The lowest BCUT2D eigenvalue weighted by Crippen LogP contribution is -2.44. The molecule has 1 amide bonds. The van der Waals surface area contributed by atoms with Gasteiger partial charge in [-0.1, -0.05) is 50.2 Å². The maximum Gasteiger partial charge on any atom is 0.416 e. The van der Waals surface area contributed by atoms with E-state index in [2.05, 4.69) is 53.0 Å². The molecule has 0 radical (unpaired) electrons. The Morgan fingerprint density at radius 1 is 1.00 bits per heavy atom. The van der Waals surface area contributed by atoms with Crippen molar-refractivity contribution in [3.63, 3.8) is 0 Å². The number of piperazine rings is 1. The molecule has 1 aromatic heterocycles. The van der Waals surface area contributed by atoms with E-state index in [0.717, 1.165) is 67.2 Å². The van der Waals surface area contributed by atoms with E-state index in [1.54, 1.807) is 6.20 Å². The maximum absolute atomic E-state index is 13.2. The van der Waals surface area contributed by atoms with E-state index in [0.29, 0.717) is 25.2 Å². The molecule has 1 fully saturated rings. The number of hydrogen-bond donors (Lipinski definition) is 1. The summed E-state index contributed by atoms with van der Waals surface area (Å²) >= 11 is 0. The van der Waals surface area contributed by atoms with E-state index in [1.807, 2.05) is 18.2 Å². The summed E-state index contributed by atoms with van der Waals surface area (Å²) in [5.74, 6) is 0.0756. The Kier molecular flexibility index (Phi) is 8.77. The van der Waals surface area contributed by atoms with Crippen molar-refractivity contribution in [2.45, 2.75) is 52.2 Å². The SMILES string of the molecule is CC(C)[C@H]1c2ncc(C(=O)NCc3ccccc3CN3CCN(C)CC3)cc2CN1Cc1ccc(C(F)(F)F)cc1. The van der Waals surface area contributed by atoms with Crippen molar-refractivity contribution in [1.82, 2.24) is 25.0 Å². The number of nitrogens with zero attached hydrogens (tertiary/aromatic N) is 4. The fraction of sp³-hybridized carbons (Fsp3) is 0.438. The molecule has 0 aliphatic carbocycles. The van der Waals surface area contributed by atoms with Gasteiger partial charge in [0.25, 0.3) is 5.91 Å². The second-order valence-corrected chi connectivity index (χ2v) is 11.6. The summed E-state index contributed by atoms with van der Waals surface area (Å²) in [5, 5.41) is 3.08. The molecule has 1 atom stereocenters. The minimum atomic E-state index is -4.35. The minimum absolute atomic E-state index is 0.0193. The number of benzene rings is 2. The second-order valence-electron chi connectivity index (χ2n) is 11.6. The summed E-state index contributed by atoms with van der Waals surface area (Å²) in [4.78, 5) is 24.9. The first-order valence-electron chi connectivity index (χ1n) is 14.2. The average molecular weight is 566 g/mol. The van der Waals surface area contributed by atoms with Crippen molar-refractivity contribution in [1.29, 1.82) is 0 Å². The van der Waals surface area contributed by atoms with E-state index < -0.39 is 11.7 Å². The zero-order valence-electron chi connectivity index (χ0n) is 23.9. The minimum Gasteiger partial charge on any atom is -0.348 e. The van der Waals surface area contributed by atoms with Gasteiger partial charge in [0.1, 0.15) is 0 Å². The zero-order chi connectivity index (χ0) is 29.1. The predicted molar refractivity (Wildman–Crippen MR) is 153 cm³/mol. The smallest absolute Gasteiger partial charge is 0.348 e. The molecule has 6 nitrogen and oxygen atoms in total. The molecular weight excluding hydrogens is 527 g/mol. The highest BCUT2D eigenvalue weighted by molar-refractivity contribution is 5.94. The summed E-state index contributed by atoms with van der Waals surface area (Å²) in [6.45, 7) is 10.8. The van der Waals surface area contributed by atoms with Gasteiger partial charge in [-0.3, -0.25) is 19.6 Å². The molecule has 2 aliphatic heterocycles. The second kappa shape index (κ2) is 12.3. The zero-order valence-corrected chi connectivity index (χ0v) is 23.9. The van der Waals surface area contributed by atoms with Crippen LogP contribution in [0, 0.1) is 5.92 Å². The third-order valence-electron chi connectivity index (χ3n) is 8.16. The number of pyridine rings is 1. The molecule has 3 heterocycles. The number of halogens is 3. The van der Waals surface area contributed by atoms with Crippen LogP contribution in [0.5, 0.6) is 0 Å². The lowest BCUT2D eigenvalue weighted by Gasteiger charge is -2.32. The molecule has 9 heteroatoms. The first-order valence-corrected chi connectivity index (χ1v) is 14.2. The van der Waals surface area contributed by atoms with Crippen molar-refractivity contribution >= 4 is 5.91 Å². The van der Waals surface area contributed by atoms with Crippen molar-refractivity contribution < 1.29 is 18.0 Å². The lowest BCUT2D eigenvalue weighted by molar-refractivity contribution is -0.137. The van der Waals surface area contributed by atoms with E-state index >= 15 is 0 Å². The van der Waals surface area contributed by atoms with Crippen molar-refractivity contribution in [2.75, 3.05) is 33.2 Å². The van der Waals surface area contributed by atoms with Crippen LogP contribution in [-0.2, 0) is 32.4 Å². The summed E-state index contributed by atoms with van der Waals surface area (Å²) in [6.07, 6.45) is -2.71. The van der Waals surface area contributed by atoms with Gasteiger partial charge in [0.05, 0.1) is 22.9 Å². The van der Waals surface area contributed by atoms with Crippen molar-refractivity contribution in [3.05, 3.63) is 99.9 Å². The van der Waals surface area contributed by atoms with Crippen LogP contribution in [0.15, 0.2) is 60.8 Å². The molecule has 0 spiro atoms. The number of nitrogens with one attached hydrogen (secondary N) is 1. The molecule has 2 aromatic carbocycles. The van der Waals surface area contributed by atoms with Gasteiger partial charge in [-0.2, -0.15) is 13.2 Å². The van der Waals surface area contributed by atoms with Crippen molar-refractivity contribution in [3.8, 4) is 0 Å². The van der Waals surface area contributed by atoms with Crippen molar-refractivity contribution in [2.24, 2.45) is 5.92 Å². The fourth-order valence-corrected chi connectivity index (χ4v) is 5.86. The first-order chi connectivity index (χ1) is 19.6. The molecule has 1 N–H and O–H groups in total. The Morgan fingerprint density at radius 2 is 1.68 bits per heavy atom. The topological polar surface area (TPSA) is 51.7 Å². The third kappa shape index (κ3) is 6.97. The maximum atomic E-state index is 13.2. The Labute approximate surface area is 240 Å². The fourth-order valence-electron chi connectivity index (χ4n) is 5.86. The Morgan fingerprint density at radius 3 is 2.34 bits per heavy atom. The molecule has 1 saturated heterocycles. The first kappa shape index (κ1) is 29.2. The number of fused-ring (bicyclic) bond motifs is 1. The number of carbonyl (C=O) groups excluding carboxylic acids is 1. The quantitative estimate of drug-likeness (QED) is 0.392. The van der Waals surface area contributed by atoms with Crippen LogP contribution in [0.4, 0.5) is 13.2 Å². The number of alkyl halides is 3. The third-order valence-corrected chi connectivity index (χ3v) is 8.16. The van der Waals surface area contributed by atoms with E-state index in [-0.39, 0.29) is 17.9 Å². The van der Waals surface area contributed by atoms with Gasteiger partial charge < -0.3 is 10.2 Å². The molecule has 3 aromatic rings. The molecule has 0 saturated carbocycles. The number of hydrogen-bond acceptors (Lipinski definition) is 5. The van der Waals surface area contributed by atoms with Gasteiger partial charge in [-0.25, -0.2) is 0 Å². The summed E-state index contributed by atoms with van der Waals surface area (Å²) in [6, 6.07) is 15.5. The number of aromatic nitrogens is 1. The van der Waals surface area contributed by atoms with Gasteiger partial charge >= 0.3 is 6.18 Å². The molecule has 2 aliphatic rings. The largest absolute Gasteiger partial charge is 0.416 e. The summed E-state index contributed by atoms with van der Waals surface area (Å²) < 4.78 is 39.0. The molecule has 5 rings (SSSR count). The highest BCUT2D eigenvalue weighted by Crippen LogP contribution is 2.39. The van der Waals surface area contributed by atoms with Crippen LogP contribution >= 0.6 is 0 Å². The Bertz CT molecular complexity index is 1350. The molecule has 0 bridgehead atoms. The van der Waals surface area contributed by atoms with E-state index in [9.17, 15) is 18.0 Å². The average Bonchev–Trinajstić information content (AvgIpc) is 3.30. The van der Waals surface area contributed by atoms with Crippen LogP contribution in [0.2, 0.25) is 0 Å². The summed E-state index contributed by atoms with van der Waals surface area (Å²) in [7, 11) is 2.15. The van der Waals surface area contributed by atoms with Gasteiger partial charge in [-0.15, -0.1) is 0 Å². The van der Waals surface area contributed by atoms with Crippen LogP contribution in [-0.4, -0.2) is 58.8 Å². The normalized spacial score (nSPS) is 18.6. The van der Waals surface area contributed by atoms with Gasteiger partial charge in [0.2, 0.25) is 0 Å². The number of rotatable bonds is 8. The van der Waals surface area contributed by atoms with Crippen LogP contribution < -0.4 is 5.32 Å². The Balaban J connectivity index is 1.24. The van der Waals surface area contributed by atoms with Gasteiger partial charge in [0.15, 0.2) is 0 Å². The highest BCUT2D eigenvalue weighted by Gasteiger charge is 2.35. The van der Waals surface area contributed by atoms with Crippen LogP contribution in [0.25, 0.3) is 0 Å². The number of amides is 1.